The molecule has 1 amide bonds. The molecule has 4 heteroatoms. The number of benzene rings is 2. The minimum atomic E-state index is -0.0632. The molecule has 2 aromatic carbocycles. The number of aromatic nitrogens is 1. The Kier molecular flexibility index (Phi) is 6.43. The maximum Gasteiger partial charge on any atom is 0.226 e. The normalized spacial score (nSPS) is 10.7. The number of anilines is 2. The summed E-state index contributed by atoms with van der Waals surface area (Å²) >= 11 is 0. The maximum absolute atomic E-state index is 12.0. The maximum atomic E-state index is 12.0. The fourth-order valence-electron chi connectivity index (χ4n) is 2.96. The minimum Gasteiger partial charge on any atom is -0.348 e. The second-order valence-electron chi connectivity index (χ2n) is 7.27. The topological polar surface area (TPSA) is 45.2 Å². The summed E-state index contributed by atoms with van der Waals surface area (Å²) in [5.74, 6) is 0.836. The Bertz CT molecular complexity index is 866. The van der Waals surface area contributed by atoms with Crippen LogP contribution in [0.3, 0.4) is 0 Å². The lowest BCUT2D eigenvalue weighted by atomic mass is 10.1. The van der Waals surface area contributed by atoms with Gasteiger partial charge in [0.2, 0.25) is 5.91 Å². The van der Waals surface area contributed by atoms with Gasteiger partial charge in [0.15, 0.2) is 0 Å². The quantitative estimate of drug-likeness (QED) is 0.620. The molecule has 0 radical (unpaired) electrons. The third-order valence-corrected chi connectivity index (χ3v) is 4.61. The zero-order valence-corrected chi connectivity index (χ0v) is 16.7. The summed E-state index contributed by atoms with van der Waals surface area (Å²) in [5, 5.41) is 2.96. The van der Waals surface area contributed by atoms with Gasteiger partial charge in [-0.2, -0.15) is 0 Å². The number of aryl methyl sites for hydroxylation is 1. The Balaban J connectivity index is 1.86. The van der Waals surface area contributed by atoms with Gasteiger partial charge >= 0.3 is 0 Å². The van der Waals surface area contributed by atoms with Gasteiger partial charge < -0.3 is 10.2 Å². The lowest BCUT2D eigenvalue weighted by Gasteiger charge is -2.25. The summed E-state index contributed by atoms with van der Waals surface area (Å²) < 4.78 is 0. The van der Waals surface area contributed by atoms with E-state index in [1.165, 1.54) is 11.1 Å². The van der Waals surface area contributed by atoms with E-state index in [2.05, 4.69) is 58.7 Å². The monoisotopic (exact) mass is 373 g/mol. The van der Waals surface area contributed by atoms with E-state index in [0.717, 1.165) is 30.3 Å². The zero-order chi connectivity index (χ0) is 19.9. The highest BCUT2D eigenvalue weighted by Crippen LogP contribution is 2.23. The summed E-state index contributed by atoms with van der Waals surface area (Å²) in [6.07, 6.45) is 0. The van der Waals surface area contributed by atoms with Gasteiger partial charge in [-0.25, -0.2) is 4.98 Å². The van der Waals surface area contributed by atoms with Crippen molar-refractivity contribution in [2.45, 2.75) is 33.9 Å². The van der Waals surface area contributed by atoms with Crippen molar-refractivity contribution in [1.29, 1.82) is 0 Å². The van der Waals surface area contributed by atoms with E-state index in [1.54, 1.807) is 0 Å². The van der Waals surface area contributed by atoms with Crippen LogP contribution in [0.25, 0.3) is 0 Å². The van der Waals surface area contributed by atoms with Crippen LogP contribution in [0.5, 0.6) is 0 Å². The number of nitrogens with one attached hydrogen (secondary N) is 1. The molecule has 0 bridgehead atoms. The number of hydrogen-bond donors (Lipinski definition) is 1. The van der Waals surface area contributed by atoms with Crippen molar-refractivity contribution in [3.05, 3.63) is 89.6 Å². The Morgan fingerprint density at radius 2 is 1.43 bits per heavy atom. The third kappa shape index (κ3) is 5.19. The molecule has 0 spiro atoms. The van der Waals surface area contributed by atoms with Gasteiger partial charge in [0.05, 0.1) is 11.4 Å². The highest BCUT2D eigenvalue weighted by molar-refractivity contribution is 5.92. The van der Waals surface area contributed by atoms with Crippen LogP contribution in [0.15, 0.2) is 72.8 Å². The molecule has 0 aliphatic rings. The van der Waals surface area contributed by atoms with Gasteiger partial charge in [0.1, 0.15) is 5.82 Å². The van der Waals surface area contributed by atoms with Crippen LogP contribution in [-0.4, -0.2) is 10.9 Å². The van der Waals surface area contributed by atoms with E-state index in [-0.39, 0.29) is 11.8 Å². The first kappa shape index (κ1) is 19.6. The number of rotatable bonds is 7. The second kappa shape index (κ2) is 9.18. The highest BCUT2D eigenvalue weighted by Gasteiger charge is 2.14. The van der Waals surface area contributed by atoms with E-state index in [9.17, 15) is 4.79 Å². The van der Waals surface area contributed by atoms with Gasteiger partial charge in [-0.1, -0.05) is 74.5 Å². The van der Waals surface area contributed by atoms with E-state index in [0.29, 0.717) is 0 Å². The molecule has 3 aromatic rings. The zero-order valence-electron chi connectivity index (χ0n) is 16.7. The number of hydrogen-bond acceptors (Lipinski definition) is 3. The van der Waals surface area contributed by atoms with E-state index in [4.69, 9.17) is 4.98 Å². The molecule has 1 heterocycles. The average molecular weight is 374 g/mol. The van der Waals surface area contributed by atoms with E-state index in [1.807, 2.05) is 45.0 Å². The van der Waals surface area contributed by atoms with Crippen LogP contribution >= 0.6 is 0 Å². The molecule has 3 rings (SSSR count). The Hall–Kier alpha value is -3.14. The summed E-state index contributed by atoms with van der Waals surface area (Å²) in [7, 11) is 0. The molecule has 0 aliphatic heterocycles. The number of nitrogens with zero attached hydrogens (tertiary/aromatic N) is 2. The Morgan fingerprint density at radius 1 is 0.893 bits per heavy atom. The van der Waals surface area contributed by atoms with Gasteiger partial charge in [-0.05, 0) is 30.2 Å². The van der Waals surface area contributed by atoms with Crippen LogP contribution in [0.1, 0.15) is 30.7 Å². The average Bonchev–Trinajstić information content (AvgIpc) is 2.70. The fraction of sp³-hybridized carbons (Fsp3) is 0.250. The smallest absolute Gasteiger partial charge is 0.226 e. The molecule has 0 saturated heterocycles. The molecular weight excluding hydrogens is 346 g/mol. The summed E-state index contributed by atoms with van der Waals surface area (Å²) in [6, 6.07) is 24.7. The molecule has 0 fully saturated rings. The van der Waals surface area contributed by atoms with Crippen molar-refractivity contribution in [3.63, 3.8) is 0 Å². The van der Waals surface area contributed by atoms with E-state index >= 15 is 0 Å². The first-order valence-corrected chi connectivity index (χ1v) is 9.64. The van der Waals surface area contributed by atoms with Gasteiger partial charge in [-0.15, -0.1) is 0 Å². The summed E-state index contributed by atoms with van der Waals surface area (Å²) in [5.41, 5.74) is 4.05. The van der Waals surface area contributed by atoms with Crippen LogP contribution in [-0.2, 0) is 17.9 Å². The number of carbonyl (C=O) groups is 1. The van der Waals surface area contributed by atoms with Gasteiger partial charge in [-0.3, -0.25) is 4.79 Å². The third-order valence-electron chi connectivity index (χ3n) is 4.61. The standard InChI is InChI=1S/C24H27N3O/c1-18(2)24(28)26-22-14-15-23(25-19(22)3)27(16-20-10-6-4-7-11-20)17-21-12-8-5-9-13-21/h4-15,18H,16-17H2,1-3H3,(H,26,28). The molecule has 0 saturated carbocycles. The lowest BCUT2D eigenvalue weighted by Crippen LogP contribution is -2.24. The Labute approximate surface area is 167 Å². The molecule has 0 atom stereocenters. The largest absolute Gasteiger partial charge is 0.348 e. The first-order valence-electron chi connectivity index (χ1n) is 9.64. The second-order valence-corrected chi connectivity index (χ2v) is 7.27. The van der Waals surface area contributed by atoms with Gasteiger partial charge in [0.25, 0.3) is 0 Å². The van der Waals surface area contributed by atoms with Crippen molar-refractivity contribution in [2.24, 2.45) is 5.92 Å². The van der Waals surface area contributed by atoms with Crippen molar-refractivity contribution >= 4 is 17.4 Å². The SMILES string of the molecule is Cc1nc(N(Cc2ccccc2)Cc2ccccc2)ccc1NC(=O)C(C)C. The van der Waals surface area contributed by atoms with Crippen molar-refractivity contribution < 1.29 is 4.79 Å². The van der Waals surface area contributed by atoms with Crippen LogP contribution in [0, 0.1) is 12.8 Å². The molecule has 144 valence electrons. The van der Waals surface area contributed by atoms with Crippen LogP contribution < -0.4 is 10.2 Å². The molecule has 1 aromatic heterocycles. The summed E-state index contributed by atoms with van der Waals surface area (Å²) in [6.45, 7) is 7.23. The Morgan fingerprint density at radius 3 is 1.89 bits per heavy atom. The summed E-state index contributed by atoms with van der Waals surface area (Å²) in [4.78, 5) is 19.1. The number of pyridine rings is 1. The molecule has 1 N–H and O–H groups in total. The molecule has 0 unspecified atom stereocenters. The fourth-order valence-corrected chi connectivity index (χ4v) is 2.96. The number of amides is 1. The van der Waals surface area contributed by atoms with E-state index < -0.39 is 0 Å². The molecule has 0 aliphatic carbocycles. The first-order chi connectivity index (χ1) is 13.5. The molecule has 4 nitrogen and oxygen atoms in total. The molecule has 28 heavy (non-hydrogen) atoms. The van der Waals surface area contributed by atoms with Crippen LogP contribution in [0.4, 0.5) is 11.5 Å². The van der Waals surface area contributed by atoms with Crippen LogP contribution in [0.2, 0.25) is 0 Å². The van der Waals surface area contributed by atoms with Gasteiger partial charge in [0, 0.05) is 19.0 Å². The predicted molar refractivity (Wildman–Crippen MR) is 115 cm³/mol. The highest BCUT2D eigenvalue weighted by atomic mass is 16.1. The van der Waals surface area contributed by atoms with Crippen molar-refractivity contribution in [1.82, 2.24) is 4.98 Å². The predicted octanol–water partition coefficient (Wildman–Crippen LogP) is 5.19. The van der Waals surface area contributed by atoms with Crippen molar-refractivity contribution in [2.75, 3.05) is 10.2 Å². The number of carbonyl (C=O) groups excluding carboxylic acids is 1. The van der Waals surface area contributed by atoms with Crippen molar-refractivity contribution in [3.8, 4) is 0 Å². The lowest BCUT2D eigenvalue weighted by molar-refractivity contribution is -0.118. The minimum absolute atomic E-state index is 0.00285. The molecular formula is C24H27N3O.